The van der Waals surface area contributed by atoms with Crippen LogP contribution < -0.4 is 4.90 Å². The lowest BCUT2D eigenvalue weighted by molar-refractivity contribution is 0.0697. The maximum atomic E-state index is 11.1. The number of terminal acetylenes is 1. The average molecular weight is 232 g/mol. The van der Waals surface area contributed by atoms with E-state index in [9.17, 15) is 4.79 Å². The van der Waals surface area contributed by atoms with E-state index in [0.29, 0.717) is 18.9 Å². The molecule has 1 rings (SSSR count). The number of carboxylic acid groups (broad SMARTS) is 1. The zero-order valence-electron chi connectivity index (χ0n) is 10.1. The number of anilines is 1. The van der Waals surface area contributed by atoms with Gasteiger partial charge in [-0.05, 0) is 25.5 Å². The number of rotatable bonds is 5. The standard InChI is InChI=1S/C13H16N2O2/c1-4-8-15(9-5-2)12-11(13(16)17)7-6-10(3)14-12/h1,6-7H,5,8-9H2,2-3H3,(H,16,17). The van der Waals surface area contributed by atoms with Gasteiger partial charge in [0.2, 0.25) is 0 Å². The highest BCUT2D eigenvalue weighted by atomic mass is 16.4. The molecule has 17 heavy (non-hydrogen) atoms. The van der Waals surface area contributed by atoms with Gasteiger partial charge in [0.1, 0.15) is 11.4 Å². The number of carbonyl (C=O) groups is 1. The second-order valence-electron chi connectivity index (χ2n) is 3.75. The van der Waals surface area contributed by atoms with Crippen molar-refractivity contribution in [2.45, 2.75) is 20.3 Å². The first-order chi connectivity index (χ1) is 8.10. The van der Waals surface area contributed by atoms with Gasteiger partial charge in [-0.25, -0.2) is 9.78 Å². The molecule has 1 N–H and O–H groups in total. The molecule has 4 heteroatoms. The molecule has 0 saturated carbocycles. The highest BCUT2D eigenvalue weighted by Crippen LogP contribution is 2.18. The molecule has 1 heterocycles. The van der Waals surface area contributed by atoms with Crippen LogP contribution in [0.25, 0.3) is 0 Å². The SMILES string of the molecule is C#CCN(CCC)c1nc(C)ccc1C(=O)O. The first-order valence-electron chi connectivity index (χ1n) is 5.49. The van der Waals surface area contributed by atoms with E-state index in [-0.39, 0.29) is 5.56 Å². The third-order valence-corrected chi connectivity index (χ3v) is 2.32. The number of carboxylic acids is 1. The first-order valence-corrected chi connectivity index (χ1v) is 5.49. The van der Waals surface area contributed by atoms with Gasteiger partial charge in [0.05, 0.1) is 6.54 Å². The minimum absolute atomic E-state index is 0.194. The predicted octanol–water partition coefficient (Wildman–Crippen LogP) is 1.94. The molecule has 0 bridgehead atoms. The van der Waals surface area contributed by atoms with Crippen molar-refractivity contribution in [3.8, 4) is 12.3 Å². The van der Waals surface area contributed by atoms with Crippen LogP contribution in [0.2, 0.25) is 0 Å². The van der Waals surface area contributed by atoms with Crippen molar-refractivity contribution in [3.05, 3.63) is 23.4 Å². The predicted molar refractivity (Wildman–Crippen MR) is 67.3 cm³/mol. The Balaban J connectivity index is 3.19. The second kappa shape index (κ2) is 5.90. The van der Waals surface area contributed by atoms with Gasteiger partial charge in [0.15, 0.2) is 0 Å². The number of aryl methyl sites for hydroxylation is 1. The molecule has 0 fully saturated rings. The van der Waals surface area contributed by atoms with Crippen LogP contribution in [0, 0.1) is 19.3 Å². The van der Waals surface area contributed by atoms with Gasteiger partial charge in [-0.15, -0.1) is 6.42 Å². The van der Waals surface area contributed by atoms with E-state index < -0.39 is 5.97 Å². The third kappa shape index (κ3) is 3.22. The lowest BCUT2D eigenvalue weighted by atomic mass is 10.2. The molecule has 0 radical (unpaired) electrons. The highest BCUT2D eigenvalue weighted by molar-refractivity contribution is 5.93. The molecule has 1 aromatic rings. The molecule has 0 atom stereocenters. The lowest BCUT2D eigenvalue weighted by Crippen LogP contribution is -2.27. The summed E-state index contributed by atoms with van der Waals surface area (Å²) in [6.45, 7) is 4.90. The number of pyridine rings is 1. The van der Waals surface area contributed by atoms with Gasteiger partial charge in [0.25, 0.3) is 0 Å². The molecule has 0 amide bonds. The van der Waals surface area contributed by atoms with E-state index in [0.717, 1.165) is 12.1 Å². The van der Waals surface area contributed by atoms with E-state index >= 15 is 0 Å². The Labute approximate surface area is 101 Å². The Kier molecular flexibility index (Phi) is 4.53. The molecular weight excluding hydrogens is 216 g/mol. The molecule has 4 nitrogen and oxygen atoms in total. The van der Waals surface area contributed by atoms with Crippen molar-refractivity contribution < 1.29 is 9.90 Å². The monoisotopic (exact) mass is 232 g/mol. The summed E-state index contributed by atoms with van der Waals surface area (Å²) < 4.78 is 0. The topological polar surface area (TPSA) is 53.4 Å². The number of aromatic carboxylic acids is 1. The summed E-state index contributed by atoms with van der Waals surface area (Å²) in [6, 6.07) is 3.26. The van der Waals surface area contributed by atoms with E-state index in [2.05, 4.69) is 10.9 Å². The fraction of sp³-hybridized carbons (Fsp3) is 0.385. The van der Waals surface area contributed by atoms with Gasteiger partial charge in [-0.3, -0.25) is 0 Å². The molecule has 90 valence electrons. The molecule has 1 aromatic heterocycles. The van der Waals surface area contributed by atoms with Crippen molar-refractivity contribution in [2.24, 2.45) is 0 Å². The molecule has 0 aliphatic carbocycles. The van der Waals surface area contributed by atoms with Gasteiger partial charge in [0, 0.05) is 12.2 Å². The van der Waals surface area contributed by atoms with Crippen molar-refractivity contribution in [1.29, 1.82) is 0 Å². The minimum Gasteiger partial charge on any atom is -0.478 e. The van der Waals surface area contributed by atoms with Crippen LogP contribution in [-0.2, 0) is 0 Å². The smallest absolute Gasteiger partial charge is 0.339 e. The second-order valence-corrected chi connectivity index (χ2v) is 3.75. The molecule has 0 aliphatic heterocycles. The highest BCUT2D eigenvalue weighted by Gasteiger charge is 2.16. The summed E-state index contributed by atoms with van der Waals surface area (Å²) in [6.07, 6.45) is 6.18. The van der Waals surface area contributed by atoms with Crippen LogP contribution in [0.15, 0.2) is 12.1 Å². The Bertz CT molecular complexity index is 449. The van der Waals surface area contributed by atoms with Gasteiger partial charge < -0.3 is 10.0 Å². The molecule has 0 spiro atoms. The third-order valence-electron chi connectivity index (χ3n) is 2.32. The number of aromatic nitrogens is 1. The quantitative estimate of drug-likeness (QED) is 0.788. The average Bonchev–Trinajstić information content (AvgIpc) is 2.28. The number of hydrogen-bond acceptors (Lipinski definition) is 3. The van der Waals surface area contributed by atoms with Crippen LogP contribution in [0.5, 0.6) is 0 Å². The fourth-order valence-corrected chi connectivity index (χ4v) is 1.59. The van der Waals surface area contributed by atoms with Crippen molar-refractivity contribution in [2.75, 3.05) is 18.0 Å². The molecule has 0 aliphatic rings. The minimum atomic E-state index is -0.981. The Morgan fingerprint density at radius 2 is 2.29 bits per heavy atom. The van der Waals surface area contributed by atoms with E-state index in [4.69, 9.17) is 11.5 Å². The maximum absolute atomic E-state index is 11.1. The van der Waals surface area contributed by atoms with E-state index in [1.165, 1.54) is 0 Å². The van der Waals surface area contributed by atoms with Crippen LogP contribution in [-0.4, -0.2) is 29.1 Å². The lowest BCUT2D eigenvalue weighted by Gasteiger charge is -2.22. The van der Waals surface area contributed by atoms with Crippen molar-refractivity contribution in [1.82, 2.24) is 4.98 Å². The van der Waals surface area contributed by atoms with Gasteiger partial charge >= 0.3 is 5.97 Å². The van der Waals surface area contributed by atoms with Crippen molar-refractivity contribution in [3.63, 3.8) is 0 Å². The summed E-state index contributed by atoms with van der Waals surface area (Å²) >= 11 is 0. The summed E-state index contributed by atoms with van der Waals surface area (Å²) in [4.78, 5) is 17.2. The molecule has 0 saturated heterocycles. The molecular formula is C13H16N2O2. The number of hydrogen-bond donors (Lipinski definition) is 1. The molecule has 0 unspecified atom stereocenters. The van der Waals surface area contributed by atoms with Gasteiger partial charge in [-0.2, -0.15) is 0 Å². The largest absolute Gasteiger partial charge is 0.478 e. The Morgan fingerprint density at radius 1 is 1.59 bits per heavy atom. The summed E-state index contributed by atoms with van der Waals surface area (Å²) in [5, 5.41) is 9.12. The Morgan fingerprint density at radius 3 is 2.82 bits per heavy atom. The van der Waals surface area contributed by atoms with E-state index in [1.54, 1.807) is 12.1 Å². The zero-order valence-corrected chi connectivity index (χ0v) is 10.1. The summed E-state index contributed by atoms with van der Waals surface area (Å²) in [7, 11) is 0. The summed E-state index contributed by atoms with van der Waals surface area (Å²) in [5.74, 6) is 2.00. The molecule has 0 aromatic carbocycles. The first kappa shape index (κ1) is 13.0. The van der Waals surface area contributed by atoms with E-state index in [1.807, 2.05) is 18.7 Å². The Hall–Kier alpha value is -2.02. The summed E-state index contributed by atoms with van der Waals surface area (Å²) in [5.41, 5.74) is 0.974. The fourth-order valence-electron chi connectivity index (χ4n) is 1.59. The van der Waals surface area contributed by atoms with Crippen LogP contribution in [0.1, 0.15) is 29.4 Å². The maximum Gasteiger partial charge on any atom is 0.339 e. The van der Waals surface area contributed by atoms with Gasteiger partial charge in [-0.1, -0.05) is 12.8 Å². The zero-order chi connectivity index (χ0) is 12.8. The number of nitrogens with zero attached hydrogens (tertiary/aromatic N) is 2. The van der Waals surface area contributed by atoms with Crippen molar-refractivity contribution >= 4 is 11.8 Å². The van der Waals surface area contributed by atoms with Crippen LogP contribution in [0.3, 0.4) is 0 Å². The van der Waals surface area contributed by atoms with Crippen LogP contribution in [0.4, 0.5) is 5.82 Å². The normalized spacial score (nSPS) is 9.71. The van der Waals surface area contributed by atoms with Crippen LogP contribution >= 0.6 is 0 Å².